The Labute approximate surface area is 168 Å². The smallest absolute Gasteiger partial charge is 0.453 e. The minimum absolute atomic E-state index is 0.0362. The summed E-state index contributed by atoms with van der Waals surface area (Å²) in [5.41, 5.74) is 1.75. The third kappa shape index (κ3) is 3.19. The van der Waals surface area contributed by atoms with Gasteiger partial charge >= 0.3 is 6.18 Å². The molecule has 0 aliphatic carbocycles. The van der Waals surface area contributed by atoms with Crippen LogP contribution < -0.4 is 14.8 Å². The first-order valence-electron chi connectivity index (χ1n) is 9.10. The predicted molar refractivity (Wildman–Crippen MR) is 100 cm³/mol. The lowest BCUT2D eigenvalue weighted by Gasteiger charge is -2.26. The van der Waals surface area contributed by atoms with Gasteiger partial charge in [-0.2, -0.15) is 18.2 Å². The Balaban J connectivity index is 1.63. The zero-order valence-electron chi connectivity index (χ0n) is 15.3. The second-order valence-electron chi connectivity index (χ2n) is 6.80. The van der Waals surface area contributed by atoms with Crippen molar-refractivity contribution in [3.05, 3.63) is 65.5 Å². The molecule has 2 aliphatic rings. The summed E-state index contributed by atoms with van der Waals surface area (Å²) in [5.74, 6) is -0.163. The molecule has 7 nitrogen and oxygen atoms in total. The molecule has 5 rings (SSSR count). The number of phenolic OH excluding ortho intramolecular Hbond substituents is 1. The largest absolute Gasteiger partial charge is 0.508 e. The van der Waals surface area contributed by atoms with Crippen molar-refractivity contribution in [2.75, 3.05) is 18.5 Å². The summed E-state index contributed by atoms with van der Waals surface area (Å²) in [6, 6.07) is 10.9. The maximum absolute atomic E-state index is 13.2. The number of anilines is 1. The van der Waals surface area contributed by atoms with Crippen molar-refractivity contribution in [2.24, 2.45) is 0 Å². The summed E-state index contributed by atoms with van der Waals surface area (Å²) in [4.78, 5) is 3.64. The lowest BCUT2D eigenvalue weighted by atomic mass is 10.0. The number of alkyl halides is 3. The van der Waals surface area contributed by atoms with Gasteiger partial charge in [0.1, 0.15) is 25.0 Å². The molecule has 0 saturated heterocycles. The Morgan fingerprint density at radius 1 is 1.07 bits per heavy atom. The number of ether oxygens (including phenoxy) is 2. The van der Waals surface area contributed by atoms with Crippen molar-refractivity contribution in [1.29, 1.82) is 0 Å². The lowest BCUT2D eigenvalue weighted by Crippen LogP contribution is -2.21. The number of hydrogen-bond donors (Lipinski definition) is 2. The molecule has 0 radical (unpaired) electrons. The summed E-state index contributed by atoms with van der Waals surface area (Å²) in [5, 5.41) is 16.4. The molecule has 2 N–H and O–H groups in total. The highest BCUT2D eigenvalue weighted by Gasteiger charge is 2.39. The molecule has 0 spiro atoms. The number of nitrogens with zero attached hydrogens (tertiary/aromatic N) is 3. The number of fused-ring (bicyclic) bond motifs is 2. The molecule has 3 heterocycles. The third-order valence-electron chi connectivity index (χ3n) is 4.78. The van der Waals surface area contributed by atoms with Gasteiger partial charge in [-0.05, 0) is 35.9 Å². The number of hydrogen-bond acceptors (Lipinski definition) is 6. The Hall–Kier alpha value is -3.69. The van der Waals surface area contributed by atoms with E-state index < -0.39 is 18.0 Å². The van der Waals surface area contributed by atoms with Crippen LogP contribution in [0.1, 0.15) is 23.0 Å². The molecule has 3 aromatic rings. The van der Waals surface area contributed by atoms with E-state index in [0.29, 0.717) is 41.5 Å². The maximum Gasteiger partial charge on any atom is 0.453 e. The number of nitrogens with one attached hydrogen (secondary N) is 1. The monoisotopic (exact) mass is 416 g/mol. The van der Waals surface area contributed by atoms with Gasteiger partial charge in [-0.1, -0.05) is 18.2 Å². The zero-order chi connectivity index (χ0) is 20.9. The summed E-state index contributed by atoms with van der Waals surface area (Å²) in [6.07, 6.45) is -2.96. The van der Waals surface area contributed by atoms with E-state index in [2.05, 4.69) is 15.4 Å². The van der Waals surface area contributed by atoms with E-state index >= 15 is 0 Å². The minimum atomic E-state index is -4.69. The van der Waals surface area contributed by atoms with Gasteiger partial charge in [0.25, 0.3) is 5.82 Å². The van der Waals surface area contributed by atoms with Crippen LogP contribution in [-0.4, -0.2) is 33.1 Å². The van der Waals surface area contributed by atoms with Crippen molar-refractivity contribution >= 4 is 11.6 Å². The van der Waals surface area contributed by atoms with Crippen LogP contribution in [0.5, 0.6) is 17.2 Å². The number of allylic oxidation sites excluding steroid dienone is 1. The van der Waals surface area contributed by atoms with Gasteiger partial charge in [0, 0.05) is 11.3 Å². The number of rotatable bonds is 2. The predicted octanol–water partition coefficient (Wildman–Crippen LogP) is 3.83. The maximum atomic E-state index is 13.2. The molecule has 10 heteroatoms. The molecule has 2 aliphatic heterocycles. The van der Waals surface area contributed by atoms with E-state index in [-0.39, 0.29) is 11.7 Å². The lowest BCUT2D eigenvalue weighted by molar-refractivity contribution is -0.145. The number of aromatic nitrogens is 3. The molecule has 0 saturated carbocycles. The first kappa shape index (κ1) is 18.3. The highest BCUT2D eigenvalue weighted by Crippen LogP contribution is 2.39. The van der Waals surface area contributed by atoms with E-state index in [1.54, 1.807) is 36.4 Å². The van der Waals surface area contributed by atoms with Crippen molar-refractivity contribution in [1.82, 2.24) is 14.8 Å². The first-order valence-corrected chi connectivity index (χ1v) is 9.10. The van der Waals surface area contributed by atoms with E-state index in [9.17, 15) is 18.3 Å². The molecule has 0 fully saturated rings. The van der Waals surface area contributed by atoms with Crippen LogP contribution >= 0.6 is 0 Å². The van der Waals surface area contributed by atoms with Crippen LogP contribution in [0.25, 0.3) is 5.70 Å². The Morgan fingerprint density at radius 3 is 2.63 bits per heavy atom. The summed E-state index contributed by atoms with van der Waals surface area (Å²) in [6.45, 7) is 0.823. The average Bonchev–Trinajstić information content (AvgIpc) is 3.17. The molecule has 2 aromatic carbocycles. The van der Waals surface area contributed by atoms with Crippen molar-refractivity contribution < 1.29 is 27.8 Å². The van der Waals surface area contributed by atoms with Gasteiger partial charge in [0.15, 0.2) is 11.5 Å². The fourth-order valence-corrected chi connectivity index (χ4v) is 3.44. The molecule has 1 aromatic heterocycles. The van der Waals surface area contributed by atoms with Crippen LogP contribution in [0.15, 0.2) is 48.5 Å². The van der Waals surface area contributed by atoms with Gasteiger partial charge in [0.05, 0.1) is 0 Å². The van der Waals surface area contributed by atoms with Crippen LogP contribution in [0.4, 0.5) is 19.1 Å². The summed E-state index contributed by atoms with van der Waals surface area (Å²) < 4.78 is 52.1. The average molecular weight is 416 g/mol. The molecule has 0 bridgehead atoms. The topological polar surface area (TPSA) is 81.4 Å². The Kier molecular flexibility index (Phi) is 4.09. The molecule has 30 heavy (non-hydrogen) atoms. The SMILES string of the molecule is Oc1cccc(C2=C[C@H](c3ccc4c(c3)OCCO4)n3nc(C(F)(F)F)nc3N2)c1. The number of halogens is 3. The van der Waals surface area contributed by atoms with Crippen molar-refractivity contribution in [3.63, 3.8) is 0 Å². The molecular weight excluding hydrogens is 401 g/mol. The fraction of sp³-hybridized carbons (Fsp3) is 0.200. The van der Waals surface area contributed by atoms with E-state index in [1.165, 1.54) is 16.8 Å². The molecule has 154 valence electrons. The highest BCUT2D eigenvalue weighted by molar-refractivity contribution is 5.77. The summed E-state index contributed by atoms with van der Waals surface area (Å²) >= 11 is 0. The second-order valence-corrected chi connectivity index (χ2v) is 6.80. The minimum Gasteiger partial charge on any atom is -0.508 e. The van der Waals surface area contributed by atoms with Crippen LogP contribution in [0.2, 0.25) is 0 Å². The molecular formula is C20H15F3N4O3. The van der Waals surface area contributed by atoms with Gasteiger partial charge < -0.3 is 19.9 Å². The molecule has 1 atom stereocenters. The Morgan fingerprint density at radius 2 is 1.87 bits per heavy atom. The number of phenols is 1. The van der Waals surface area contributed by atoms with E-state index in [4.69, 9.17) is 9.47 Å². The van der Waals surface area contributed by atoms with Gasteiger partial charge in [-0.15, -0.1) is 5.10 Å². The van der Waals surface area contributed by atoms with Crippen molar-refractivity contribution in [2.45, 2.75) is 12.2 Å². The van der Waals surface area contributed by atoms with Crippen LogP contribution in [0.3, 0.4) is 0 Å². The van der Waals surface area contributed by atoms with Crippen molar-refractivity contribution in [3.8, 4) is 17.2 Å². The second kappa shape index (κ2) is 6.68. The third-order valence-corrected chi connectivity index (χ3v) is 4.78. The van der Waals surface area contributed by atoms with E-state index in [0.717, 1.165) is 0 Å². The highest BCUT2D eigenvalue weighted by atomic mass is 19.4. The quantitative estimate of drug-likeness (QED) is 0.661. The summed E-state index contributed by atoms with van der Waals surface area (Å²) in [7, 11) is 0. The van der Waals surface area contributed by atoms with E-state index in [1.807, 2.05) is 0 Å². The normalized spacial score (nSPS) is 17.7. The van der Waals surface area contributed by atoms with Gasteiger partial charge in [-0.3, -0.25) is 0 Å². The Bertz CT molecular complexity index is 1160. The fourth-order valence-electron chi connectivity index (χ4n) is 3.44. The first-order chi connectivity index (χ1) is 14.4. The zero-order valence-corrected chi connectivity index (χ0v) is 15.3. The van der Waals surface area contributed by atoms with Gasteiger partial charge in [0.2, 0.25) is 5.95 Å². The van der Waals surface area contributed by atoms with Crippen LogP contribution in [0, 0.1) is 0 Å². The number of benzene rings is 2. The number of aromatic hydroxyl groups is 1. The van der Waals surface area contributed by atoms with Crippen LogP contribution in [-0.2, 0) is 6.18 Å². The molecule has 0 amide bonds. The molecule has 0 unspecified atom stereocenters. The van der Waals surface area contributed by atoms with Gasteiger partial charge in [-0.25, -0.2) is 4.68 Å². The standard InChI is InChI=1S/C20H15F3N4O3/c21-20(22,23)18-25-19-24-14(11-2-1-3-13(28)8-11)10-15(27(19)26-18)12-4-5-16-17(9-12)30-7-6-29-16/h1-5,8-10,15,28H,6-7H2,(H,24,25,26)/t15-/m1/s1.